The van der Waals surface area contributed by atoms with E-state index in [0.717, 1.165) is 51.4 Å². The van der Waals surface area contributed by atoms with Gasteiger partial charge < -0.3 is 14.2 Å². The van der Waals surface area contributed by atoms with Crippen LogP contribution in [0.2, 0.25) is 0 Å². The quantitative estimate of drug-likeness (QED) is 0.0262. The van der Waals surface area contributed by atoms with Gasteiger partial charge in [0.15, 0.2) is 6.10 Å². The molecule has 0 aliphatic carbocycles. The minimum absolute atomic E-state index is 0.105. The van der Waals surface area contributed by atoms with Crippen LogP contribution in [0.1, 0.15) is 239 Å². The third-order valence-corrected chi connectivity index (χ3v) is 11.0. The molecule has 0 aromatic heterocycles. The van der Waals surface area contributed by atoms with E-state index >= 15 is 0 Å². The summed E-state index contributed by atoms with van der Waals surface area (Å²) in [7, 11) is 0. The first kappa shape index (κ1) is 59.6. The van der Waals surface area contributed by atoms with Gasteiger partial charge in [-0.05, 0) is 57.8 Å². The zero-order valence-corrected chi connectivity index (χ0v) is 41.1. The van der Waals surface area contributed by atoms with Crippen LogP contribution in [0.4, 0.5) is 0 Å². The largest absolute Gasteiger partial charge is 0.462 e. The van der Waals surface area contributed by atoms with E-state index in [0.29, 0.717) is 19.3 Å². The Bertz CT molecular complexity index is 1240. The van der Waals surface area contributed by atoms with Gasteiger partial charge in [-0.15, -0.1) is 0 Å². The molecule has 6 nitrogen and oxygen atoms in total. The van der Waals surface area contributed by atoms with Crippen LogP contribution in [0.25, 0.3) is 0 Å². The summed E-state index contributed by atoms with van der Waals surface area (Å²) >= 11 is 0. The van der Waals surface area contributed by atoms with E-state index < -0.39 is 6.10 Å². The topological polar surface area (TPSA) is 78.9 Å². The lowest BCUT2D eigenvalue weighted by Gasteiger charge is -2.18. The summed E-state index contributed by atoms with van der Waals surface area (Å²) in [4.78, 5) is 37.9. The molecule has 0 saturated heterocycles. The van der Waals surface area contributed by atoms with Gasteiger partial charge in [0.2, 0.25) is 0 Å². The lowest BCUT2D eigenvalue weighted by molar-refractivity contribution is -0.167. The van der Waals surface area contributed by atoms with Crippen molar-refractivity contribution < 1.29 is 28.6 Å². The number of carbonyl (C=O) groups is 3. The minimum Gasteiger partial charge on any atom is -0.462 e. The maximum absolute atomic E-state index is 12.7. The van der Waals surface area contributed by atoms with Gasteiger partial charge in [0.25, 0.3) is 0 Å². The average molecular weight is 877 g/mol. The van der Waals surface area contributed by atoms with Gasteiger partial charge in [-0.2, -0.15) is 0 Å². The standard InChI is InChI=1S/C57H96O6/c1-4-7-10-13-16-19-22-25-26-27-28-29-30-33-35-38-41-44-47-50-56(59)62-53-54(63-57(60)51-48-45-42-39-36-32-24-21-18-15-12-9-6-3)52-61-55(58)49-46-43-40-37-34-31-23-20-17-14-11-8-5-2/h9,12,15-16,18-19,21-22,24-25,32,36,39,42,54H,4-8,10-11,13-14,17,20,23,26-31,33-35,37-38,40-41,43-53H2,1-3H3/b12-9+,18-15+,19-16+,24-21+,25-22+,36-32+,42-39+. The molecule has 0 aliphatic heterocycles. The summed E-state index contributed by atoms with van der Waals surface area (Å²) in [6.45, 7) is 6.40. The summed E-state index contributed by atoms with van der Waals surface area (Å²) in [5.74, 6) is -0.982. The molecular weight excluding hydrogens is 781 g/mol. The fourth-order valence-electron chi connectivity index (χ4n) is 7.11. The van der Waals surface area contributed by atoms with Gasteiger partial charge in [0.1, 0.15) is 13.2 Å². The number of hydrogen-bond acceptors (Lipinski definition) is 6. The van der Waals surface area contributed by atoms with Crippen molar-refractivity contribution in [1.82, 2.24) is 0 Å². The Labute approximate surface area is 388 Å². The van der Waals surface area contributed by atoms with Crippen LogP contribution in [0.5, 0.6) is 0 Å². The second-order valence-electron chi connectivity index (χ2n) is 17.2. The summed E-state index contributed by atoms with van der Waals surface area (Å²) in [6, 6.07) is 0. The smallest absolute Gasteiger partial charge is 0.306 e. The molecule has 0 fully saturated rings. The monoisotopic (exact) mass is 877 g/mol. The average Bonchev–Trinajstić information content (AvgIpc) is 3.28. The third kappa shape index (κ3) is 49.5. The molecule has 360 valence electrons. The van der Waals surface area contributed by atoms with Gasteiger partial charge in [-0.25, -0.2) is 0 Å². The Kier molecular flexibility index (Phi) is 48.5. The third-order valence-electron chi connectivity index (χ3n) is 11.0. The van der Waals surface area contributed by atoms with Gasteiger partial charge in [0, 0.05) is 19.3 Å². The van der Waals surface area contributed by atoms with Crippen LogP contribution in [-0.4, -0.2) is 37.2 Å². The summed E-state index contributed by atoms with van der Waals surface area (Å²) < 4.78 is 16.7. The van der Waals surface area contributed by atoms with Crippen molar-refractivity contribution >= 4 is 17.9 Å². The molecule has 0 amide bonds. The first-order valence-corrected chi connectivity index (χ1v) is 26.2. The number of esters is 3. The number of ether oxygens (including phenoxy) is 3. The minimum atomic E-state index is -0.812. The van der Waals surface area contributed by atoms with Crippen molar-refractivity contribution in [2.45, 2.75) is 245 Å². The molecule has 1 unspecified atom stereocenters. The zero-order valence-electron chi connectivity index (χ0n) is 41.1. The predicted octanol–water partition coefficient (Wildman–Crippen LogP) is 17.2. The van der Waals surface area contributed by atoms with Gasteiger partial charge in [-0.3, -0.25) is 14.4 Å². The van der Waals surface area contributed by atoms with Crippen molar-refractivity contribution in [3.05, 3.63) is 85.1 Å². The maximum atomic E-state index is 12.7. The van der Waals surface area contributed by atoms with Crippen LogP contribution in [0.3, 0.4) is 0 Å². The first-order chi connectivity index (χ1) is 31.0. The highest BCUT2D eigenvalue weighted by Gasteiger charge is 2.19. The maximum Gasteiger partial charge on any atom is 0.306 e. The molecule has 6 heteroatoms. The molecular formula is C57H96O6. The van der Waals surface area contributed by atoms with E-state index in [1.54, 1.807) is 0 Å². The van der Waals surface area contributed by atoms with Crippen molar-refractivity contribution in [2.75, 3.05) is 13.2 Å². The van der Waals surface area contributed by atoms with Crippen LogP contribution in [-0.2, 0) is 28.6 Å². The van der Waals surface area contributed by atoms with Crippen molar-refractivity contribution in [2.24, 2.45) is 0 Å². The molecule has 0 saturated carbocycles. The fourth-order valence-corrected chi connectivity index (χ4v) is 7.11. The number of hydrogen-bond donors (Lipinski definition) is 0. The Morgan fingerprint density at radius 1 is 0.333 bits per heavy atom. The SMILES string of the molecule is CC/C=C/C=C/C=C/C=C/C=C/CCCC(=O)OC(COC(=O)CCCCCCCCCCCC/C=C/C=C/CCCCC)COC(=O)CCCCCCCCCCCCCCC. The number of allylic oxidation sites excluding steroid dienone is 14. The van der Waals surface area contributed by atoms with E-state index in [1.165, 1.54) is 141 Å². The zero-order chi connectivity index (χ0) is 45.8. The highest BCUT2D eigenvalue weighted by Crippen LogP contribution is 2.15. The molecule has 0 heterocycles. The lowest BCUT2D eigenvalue weighted by Crippen LogP contribution is -2.30. The molecule has 63 heavy (non-hydrogen) atoms. The van der Waals surface area contributed by atoms with Crippen molar-refractivity contribution in [3.63, 3.8) is 0 Å². The van der Waals surface area contributed by atoms with E-state index in [9.17, 15) is 14.4 Å². The molecule has 0 spiro atoms. The molecule has 0 aromatic carbocycles. The second kappa shape index (κ2) is 51.2. The van der Waals surface area contributed by atoms with E-state index in [1.807, 2.05) is 54.7 Å². The van der Waals surface area contributed by atoms with Crippen LogP contribution in [0.15, 0.2) is 85.1 Å². The Morgan fingerprint density at radius 2 is 0.635 bits per heavy atom. The normalized spacial score (nSPS) is 12.7. The van der Waals surface area contributed by atoms with Crippen molar-refractivity contribution in [1.29, 1.82) is 0 Å². The molecule has 0 aliphatic rings. The van der Waals surface area contributed by atoms with Gasteiger partial charge in [-0.1, -0.05) is 247 Å². The second-order valence-corrected chi connectivity index (χ2v) is 17.2. The summed E-state index contributed by atoms with van der Waals surface area (Å²) in [5, 5.41) is 0. The van der Waals surface area contributed by atoms with E-state index in [4.69, 9.17) is 14.2 Å². The van der Waals surface area contributed by atoms with Crippen LogP contribution in [0, 0.1) is 0 Å². The first-order valence-electron chi connectivity index (χ1n) is 26.2. The number of unbranched alkanes of at least 4 members (excludes halogenated alkanes) is 26. The van der Waals surface area contributed by atoms with Gasteiger partial charge in [0.05, 0.1) is 0 Å². The van der Waals surface area contributed by atoms with Gasteiger partial charge >= 0.3 is 17.9 Å². The molecule has 0 rings (SSSR count). The molecule has 0 aromatic rings. The summed E-state index contributed by atoms with van der Waals surface area (Å²) in [6.07, 6.45) is 65.7. The molecule has 1 atom stereocenters. The Morgan fingerprint density at radius 3 is 1.06 bits per heavy atom. The Balaban J connectivity index is 4.43. The van der Waals surface area contributed by atoms with E-state index in [-0.39, 0.29) is 37.5 Å². The highest BCUT2D eigenvalue weighted by molar-refractivity contribution is 5.71. The molecule has 0 N–H and O–H groups in total. The highest BCUT2D eigenvalue weighted by atomic mass is 16.6. The molecule has 0 radical (unpaired) electrons. The predicted molar refractivity (Wildman–Crippen MR) is 270 cm³/mol. The van der Waals surface area contributed by atoms with E-state index in [2.05, 4.69) is 51.2 Å². The number of carbonyl (C=O) groups excluding carboxylic acids is 3. The van der Waals surface area contributed by atoms with Crippen LogP contribution < -0.4 is 0 Å². The summed E-state index contributed by atoms with van der Waals surface area (Å²) in [5.41, 5.74) is 0. The van der Waals surface area contributed by atoms with Crippen LogP contribution >= 0.6 is 0 Å². The fraction of sp³-hybridized carbons (Fsp3) is 0.702. The van der Waals surface area contributed by atoms with Crippen molar-refractivity contribution in [3.8, 4) is 0 Å². The molecule has 0 bridgehead atoms. The number of rotatable bonds is 46. The lowest BCUT2D eigenvalue weighted by atomic mass is 10.0. The Hall–Kier alpha value is -3.41.